The molecule has 1 fully saturated rings. The zero-order valence-corrected chi connectivity index (χ0v) is 20.1. The maximum Gasteiger partial charge on any atom is 0.341 e. The summed E-state index contributed by atoms with van der Waals surface area (Å²) in [6.07, 6.45) is 3.41. The fourth-order valence-corrected chi connectivity index (χ4v) is 4.14. The second-order valence-electron chi connectivity index (χ2n) is 8.90. The Kier molecular flexibility index (Phi) is 6.69. The van der Waals surface area contributed by atoms with E-state index < -0.39 is 11.4 Å². The van der Waals surface area contributed by atoms with Gasteiger partial charge in [-0.3, -0.25) is 9.59 Å². The predicted molar refractivity (Wildman–Crippen MR) is 134 cm³/mol. The molecule has 3 aromatic rings. The number of aryl methyl sites for hydroxylation is 1. The van der Waals surface area contributed by atoms with Crippen molar-refractivity contribution in [2.24, 2.45) is 0 Å². The van der Waals surface area contributed by atoms with Crippen LogP contribution in [0, 0.1) is 19.7 Å². The van der Waals surface area contributed by atoms with E-state index in [2.05, 4.69) is 10.2 Å². The van der Waals surface area contributed by atoms with Gasteiger partial charge in [0.2, 0.25) is 0 Å². The summed E-state index contributed by atoms with van der Waals surface area (Å²) in [6, 6.07) is 11.9. The number of nitrogens with zero attached hydrogens (tertiary/aromatic N) is 1. The minimum Gasteiger partial charge on any atom is -0.422 e. The molecule has 1 saturated carbocycles. The number of aldehydes is 2. The lowest BCUT2D eigenvalue weighted by Gasteiger charge is -2.24. The fourth-order valence-electron chi connectivity index (χ4n) is 4.14. The van der Waals surface area contributed by atoms with Crippen LogP contribution in [0.25, 0.3) is 5.57 Å². The lowest BCUT2D eigenvalue weighted by atomic mass is 9.95. The van der Waals surface area contributed by atoms with Gasteiger partial charge in [0, 0.05) is 29.9 Å². The maximum absolute atomic E-state index is 14.6. The van der Waals surface area contributed by atoms with Crippen LogP contribution in [0.15, 0.2) is 57.4 Å². The molecular weight excluding hydrogens is 447 g/mol. The van der Waals surface area contributed by atoms with E-state index in [1.54, 1.807) is 43.3 Å². The second-order valence-corrected chi connectivity index (χ2v) is 8.90. The Morgan fingerprint density at radius 2 is 1.86 bits per heavy atom. The molecular formula is C28H27FN2O4. The van der Waals surface area contributed by atoms with Gasteiger partial charge < -0.3 is 14.6 Å². The molecule has 7 heteroatoms. The number of anilines is 2. The Morgan fingerprint density at radius 1 is 1.11 bits per heavy atom. The van der Waals surface area contributed by atoms with Crippen LogP contribution in [0.5, 0.6) is 0 Å². The molecule has 0 unspecified atom stereocenters. The van der Waals surface area contributed by atoms with Gasteiger partial charge in [-0.25, -0.2) is 9.18 Å². The van der Waals surface area contributed by atoms with E-state index in [9.17, 15) is 18.8 Å². The first-order valence-electron chi connectivity index (χ1n) is 11.4. The van der Waals surface area contributed by atoms with Crippen molar-refractivity contribution >= 4 is 29.5 Å². The zero-order chi connectivity index (χ0) is 25.3. The number of carbonyl (C=O) groups excluding carboxylic acids is 2. The molecule has 0 radical (unpaired) electrons. The molecule has 35 heavy (non-hydrogen) atoms. The summed E-state index contributed by atoms with van der Waals surface area (Å²) in [5, 5.41) is 2.94. The molecule has 1 aliphatic rings. The van der Waals surface area contributed by atoms with Gasteiger partial charge in [0.1, 0.15) is 12.1 Å². The van der Waals surface area contributed by atoms with Crippen LogP contribution in [0.4, 0.5) is 15.8 Å². The van der Waals surface area contributed by atoms with E-state index >= 15 is 0 Å². The van der Waals surface area contributed by atoms with Crippen LogP contribution in [0.3, 0.4) is 0 Å². The predicted octanol–water partition coefficient (Wildman–Crippen LogP) is 5.64. The summed E-state index contributed by atoms with van der Waals surface area (Å²) < 4.78 is 20.4. The Morgan fingerprint density at radius 3 is 2.49 bits per heavy atom. The van der Waals surface area contributed by atoms with Crippen LogP contribution < -0.4 is 10.9 Å². The van der Waals surface area contributed by atoms with E-state index in [-0.39, 0.29) is 28.3 Å². The summed E-state index contributed by atoms with van der Waals surface area (Å²) in [5.74, 6) is -0.436. The third-order valence-electron chi connectivity index (χ3n) is 6.42. The highest BCUT2D eigenvalue weighted by Gasteiger charge is 2.30. The van der Waals surface area contributed by atoms with Gasteiger partial charge in [0.15, 0.2) is 12.0 Å². The van der Waals surface area contributed by atoms with Crippen molar-refractivity contribution < 1.29 is 18.4 Å². The largest absolute Gasteiger partial charge is 0.422 e. The molecule has 4 rings (SSSR count). The molecule has 180 valence electrons. The van der Waals surface area contributed by atoms with Gasteiger partial charge in [-0.1, -0.05) is 24.3 Å². The monoisotopic (exact) mass is 474 g/mol. The van der Waals surface area contributed by atoms with Gasteiger partial charge in [0.25, 0.3) is 0 Å². The minimum absolute atomic E-state index is 0.0682. The van der Waals surface area contributed by atoms with E-state index in [1.807, 2.05) is 14.0 Å². The summed E-state index contributed by atoms with van der Waals surface area (Å²) in [5.41, 5.74) is 3.05. The van der Waals surface area contributed by atoms with Crippen LogP contribution in [0.1, 0.15) is 62.9 Å². The average Bonchev–Trinajstić information content (AvgIpc) is 3.69. The number of nitrogens with one attached hydrogen (secondary N) is 1. The van der Waals surface area contributed by atoms with Crippen molar-refractivity contribution in [1.29, 1.82) is 0 Å². The van der Waals surface area contributed by atoms with Crippen molar-refractivity contribution in [2.45, 2.75) is 39.7 Å². The quantitative estimate of drug-likeness (QED) is 0.426. The van der Waals surface area contributed by atoms with E-state index in [0.29, 0.717) is 29.0 Å². The summed E-state index contributed by atoms with van der Waals surface area (Å²) in [6.45, 7) is 5.19. The van der Waals surface area contributed by atoms with E-state index in [0.717, 1.165) is 30.4 Å². The van der Waals surface area contributed by atoms with Crippen LogP contribution in [-0.2, 0) is 0 Å². The third kappa shape index (κ3) is 4.80. The highest BCUT2D eigenvalue weighted by Crippen LogP contribution is 2.37. The first kappa shape index (κ1) is 24.1. The van der Waals surface area contributed by atoms with E-state index in [4.69, 9.17) is 4.42 Å². The highest BCUT2D eigenvalue weighted by molar-refractivity contribution is 5.96. The first-order chi connectivity index (χ1) is 16.7. The zero-order valence-electron chi connectivity index (χ0n) is 20.1. The normalized spacial score (nSPS) is 13.7. The Labute approximate surface area is 203 Å². The standard InChI is InChI=1S/C28H27FN2O4/c1-16-8-11-24(23(29)12-16)30-26-17(2)28(34)35-27(22(26)15-33)25(18(3)31(4)21-9-10-21)20-7-5-6-19(13-20)14-32/h5-8,11-15,21,30H,9-10H2,1-4H3/b25-18-. The SMILES string of the molecule is C/C(=C(\c1cccc(C=O)c1)c1oc(=O)c(C)c(Nc2ccc(C)cc2F)c1C=O)N(C)C1CC1. The Balaban J connectivity index is 1.98. The minimum atomic E-state index is -0.647. The van der Waals surface area contributed by atoms with Gasteiger partial charge in [-0.2, -0.15) is 0 Å². The highest BCUT2D eigenvalue weighted by atomic mass is 19.1. The lowest BCUT2D eigenvalue weighted by Crippen LogP contribution is -2.21. The molecule has 0 bridgehead atoms. The van der Waals surface area contributed by atoms with E-state index in [1.165, 1.54) is 13.0 Å². The van der Waals surface area contributed by atoms with Gasteiger partial charge in [0.05, 0.1) is 22.5 Å². The number of carbonyl (C=O) groups is 2. The summed E-state index contributed by atoms with van der Waals surface area (Å²) in [4.78, 5) is 39.0. The number of benzene rings is 2. The van der Waals surface area contributed by atoms with Crippen LogP contribution in [0.2, 0.25) is 0 Å². The van der Waals surface area contributed by atoms with Crippen molar-refractivity contribution in [3.05, 3.63) is 98.0 Å². The summed E-state index contributed by atoms with van der Waals surface area (Å²) >= 11 is 0. The number of hydrogen-bond acceptors (Lipinski definition) is 6. The van der Waals surface area contributed by atoms with Crippen molar-refractivity contribution in [3.8, 4) is 0 Å². The molecule has 0 saturated heterocycles. The molecule has 1 heterocycles. The molecule has 1 N–H and O–H groups in total. The molecule has 0 aliphatic heterocycles. The van der Waals surface area contributed by atoms with Gasteiger partial charge in [-0.15, -0.1) is 0 Å². The van der Waals surface area contributed by atoms with Crippen LogP contribution in [-0.4, -0.2) is 30.6 Å². The smallest absolute Gasteiger partial charge is 0.341 e. The Bertz CT molecular complexity index is 1400. The molecule has 2 aromatic carbocycles. The summed E-state index contributed by atoms with van der Waals surface area (Å²) in [7, 11) is 1.95. The number of rotatable bonds is 8. The first-order valence-corrected chi connectivity index (χ1v) is 11.4. The maximum atomic E-state index is 14.6. The second kappa shape index (κ2) is 9.70. The van der Waals surface area contributed by atoms with Crippen molar-refractivity contribution in [2.75, 3.05) is 12.4 Å². The number of hydrogen-bond donors (Lipinski definition) is 1. The number of allylic oxidation sites excluding steroid dienone is 1. The third-order valence-corrected chi connectivity index (χ3v) is 6.42. The Hall–Kier alpha value is -4.00. The molecule has 0 atom stereocenters. The molecule has 6 nitrogen and oxygen atoms in total. The molecule has 1 aliphatic carbocycles. The molecule has 1 aromatic heterocycles. The fraction of sp³-hybridized carbons (Fsp3) is 0.250. The molecule has 0 spiro atoms. The molecule has 0 amide bonds. The lowest BCUT2D eigenvalue weighted by molar-refractivity contribution is 0.111. The van der Waals surface area contributed by atoms with Crippen molar-refractivity contribution in [3.63, 3.8) is 0 Å². The average molecular weight is 475 g/mol. The van der Waals surface area contributed by atoms with Crippen molar-refractivity contribution in [1.82, 2.24) is 4.90 Å². The van der Waals surface area contributed by atoms with Gasteiger partial charge >= 0.3 is 5.63 Å². The number of halogens is 1. The topological polar surface area (TPSA) is 79.6 Å². The van der Waals surface area contributed by atoms with Gasteiger partial charge in [-0.05, 0) is 62.9 Å². The van der Waals surface area contributed by atoms with Crippen LogP contribution >= 0.6 is 0 Å².